The summed E-state index contributed by atoms with van der Waals surface area (Å²) in [5.41, 5.74) is -0.631. The number of rotatable bonds is 6. The third-order valence-electron chi connectivity index (χ3n) is 5.26. The van der Waals surface area contributed by atoms with Crippen LogP contribution in [0.5, 0.6) is 0 Å². The van der Waals surface area contributed by atoms with Crippen molar-refractivity contribution >= 4 is 29.2 Å². The van der Waals surface area contributed by atoms with Crippen molar-refractivity contribution in [3.8, 4) is 0 Å². The van der Waals surface area contributed by atoms with E-state index in [2.05, 4.69) is 29.4 Å². The van der Waals surface area contributed by atoms with E-state index in [1.807, 2.05) is 10.8 Å². The number of ether oxygens (including phenoxy) is 1. The van der Waals surface area contributed by atoms with Crippen LogP contribution in [0, 0.1) is 0 Å². The zero-order chi connectivity index (χ0) is 19.7. The standard InChI is InChI=1S/C18H26N4O4S/c1-17(2,21-5-7-26-8-6-21)12-19-14(23)10-22-15(24)18(3,20-16(22)25)13-4-9-27-11-13/h4,9,11H,5-8,10,12H2,1-3H3,(H,19,23)(H,20,25). The molecule has 0 spiro atoms. The molecule has 1 aromatic rings. The molecule has 3 rings (SSSR count). The molecule has 2 N–H and O–H groups in total. The fourth-order valence-electron chi connectivity index (χ4n) is 3.38. The Hall–Kier alpha value is -1.97. The zero-order valence-electron chi connectivity index (χ0n) is 15.9. The highest BCUT2D eigenvalue weighted by Crippen LogP contribution is 2.30. The Kier molecular flexibility index (Phi) is 5.55. The van der Waals surface area contributed by atoms with Crippen LogP contribution in [-0.4, -0.2) is 72.6 Å². The molecular weight excluding hydrogens is 368 g/mol. The summed E-state index contributed by atoms with van der Waals surface area (Å²) in [6, 6.07) is 1.26. The SMILES string of the molecule is CC1(c2ccsc2)NC(=O)N(CC(=O)NCC(C)(C)N2CCOCC2)C1=O. The molecular formula is C18H26N4O4S. The van der Waals surface area contributed by atoms with Crippen molar-refractivity contribution in [2.75, 3.05) is 39.4 Å². The molecule has 0 radical (unpaired) electrons. The lowest BCUT2D eigenvalue weighted by Gasteiger charge is -2.40. The lowest BCUT2D eigenvalue weighted by atomic mass is 9.95. The Morgan fingerprint density at radius 1 is 1.37 bits per heavy atom. The maximum absolute atomic E-state index is 12.8. The van der Waals surface area contributed by atoms with Gasteiger partial charge in [0, 0.05) is 25.2 Å². The van der Waals surface area contributed by atoms with Crippen molar-refractivity contribution in [3.63, 3.8) is 0 Å². The molecule has 2 aliphatic heterocycles. The van der Waals surface area contributed by atoms with Crippen molar-refractivity contribution < 1.29 is 19.1 Å². The number of carbonyl (C=O) groups is 3. The molecule has 2 fully saturated rings. The molecule has 9 heteroatoms. The molecule has 0 aromatic carbocycles. The van der Waals surface area contributed by atoms with Crippen LogP contribution in [0.4, 0.5) is 4.79 Å². The molecule has 0 bridgehead atoms. The zero-order valence-corrected chi connectivity index (χ0v) is 16.7. The fourth-order valence-corrected chi connectivity index (χ4v) is 4.14. The topological polar surface area (TPSA) is 91.0 Å². The second-order valence-electron chi connectivity index (χ2n) is 7.65. The Bertz CT molecular complexity index is 715. The molecule has 27 heavy (non-hydrogen) atoms. The number of nitrogens with one attached hydrogen (secondary N) is 2. The van der Waals surface area contributed by atoms with Crippen LogP contribution in [0.1, 0.15) is 26.3 Å². The third-order valence-corrected chi connectivity index (χ3v) is 5.94. The minimum atomic E-state index is -1.12. The largest absolute Gasteiger partial charge is 0.379 e. The van der Waals surface area contributed by atoms with Crippen LogP contribution in [0.15, 0.2) is 16.8 Å². The molecule has 4 amide bonds. The number of nitrogens with zero attached hydrogens (tertiary/aromatic N) is 2. The summed E-state index contributed by atoms with van der Waals surface area (Å²) >= 11 is 1.45. The molecule has 1 aromatic heterocycles. The van der Waals surface area contributed by atoms with Crippen molar-refractivity contribution in [1.29, 1.82) is 0 Å². The van der Waals surface area contributed by atoms with Gasteiger partial charge in [-0.25, -0.2) is 4.79 Å². The maximum atomic E-state index is 12.8. The first kappa shape index (κ1) is 19.8. The van der Waals surface area contributed by atoms with E-state index < -0.39 is 17.5 Å². The number of urea groups is 1. The quantitative estimate of drug-likeness (QED) is 0.695. The summed E-state index contributed by atoms with van der Waals surface area (Å²) in [6.45, 7) is 8.90. The molecule has 1 unspecified atom stereocenters. The van der Waals surface area contributed by atoms with Crippen LogP contribution >= 0.6 is 11.3 Å². The van der Waals surface area contributed by atoms with E-state index >= 15 is 0 Å². The Morgan fingerprint density at radius 2 is 2.07 bits per heavy atom. The van der Waals surface area contributed by atoms with Gasteiger partial charge in [0.15, 0.2) is 0 Å². The maximum Gasteiger partial charge on any atom is 0.325 e. The summed E-state index contributed by atoms with van der Waals surface area (Å²) in [7, 11) is 0. The smallest absolute Gasteiger partial charge is 0.325 e. The highest BCUT2D eigenvalue weighted by molar-refractivity contribution is 7.08. The van der Waals surface area contributed by atoms with Crippen molar-refractivity contribution in [2.45, 2.75) is 31.8 Å². The lowest BCUT2D eigenvalue weighted by molar-refractivity contribution is -0.135. The predicted octanol–water partition coefficient (Wildman–Crippen LogP) is 0.742. The normalized spacial score (nSPS) is 24.2. The number of amides is 4. The van der Waals surface area contributed by atoms with Crippen LogP contribution in [0.25, 0.3) is 0 Å². The van der Waals surface area contributed by atoms with Crippen LogP contribution in [0.2, 0.25) is 0 Å². The molecule has 8 nitrogen and oxygen atoms in total. The Labute approximate surface area is 162 Å². The molecule has 1 atom stereocenters. The van der Waals surface area contributed by atoms with Gasteiger partial charge in [0.05, 0.1) is 13.2 Å². The second kappa shape index (κ2) is 7.57. The third kappa shape index (κ3) is 3.99. The minimum absolute atomic E-state index is 0.234. The van der Waals surface area contributed by atoms with Crippen molar-refractivity contribution in [1.82, 2.24) is 20.4 Å². The summed E-state index contributed by atoms with van der Waals surface area (Å²) in [4.78, 5) is 40.7. The number of imide groups is 1. The minimum Gasteiger partial charge on any atom is -0.379 e. The first-order chi connectivity index (χ1) is 12.7. The first-order valence-corrected chi connectivity index (χ1v) is 9.94. The molecule has 0 saturated carbocycles. The van der Waals surface area contributed by atoms with E-state index in [-0.39, 0.29) is 18.0 Å². The van der Waals surface area contributed by atoms with Gasteiger partial charge in [-0.05, 0) is 43.2 Å². The van der Waals surface area contributed by atoms with Gasteiger partial charge in [0.2, 0.25) is 5.91 Å². The highest BCUT2D eigenvalue weighted by atomic mass is 32.1. The number of morpholine rings is 1. The number of hydrogen-bond donors (Lipinski definition) is 2. The monoisotopic (exact) mass is 394 g/mol. The van der Waals surface area contributed by atoms with E-state index in [4.69, 9.17) is 4.74 Å². The summed E-state index contributed by atoms with van der Waals surface area (Å²) in [5.74, 6) is -0.761. The Morgan fingerprint density at radius 3 is 2.70 bits per heavy atom. The average Bonchev–Trinajstić information content (AvgIpc) is 3.26. The highest BCUT2D eigenvalue weighted by Gasteiger charge is 2.49. The molecule has 2 saturated heterocycles. The number of hydrogen-bond acceptors (Lipinski definition) is 6. The van der Waals surface area contributed by atoms with Crippen LogP contribution < -0.4 is 10.6 Å². The van der Waals surface area contributed by atoms with Gasteiger partial charge in [0.1, 0.15) is 12.1 Å². The molecule has 148 valence electrons. The fraction of sp³-hybridized carbons (Fsp3) is 0.611. The van der Waals surface area contributed by atoms with Gasteiger partial charge < -0.3 is 15.4 Å². The molecule has 0 aliphatic carbocycles. The van der Waals surface area contributed by atoms with Crippen molar-refractivity contribution in [2.24, 2.45) is 0 Å². The van der Waals surface area contributed by atoms with E-state index in [1.54, 1.807) is 13.0 Å². The average molecular weight is 394 g/mol. The van der Waals surface area contributed by atoms with Gasteiger partial charge in [0.25, 0.3) is 5.91 Å². The second-order valence-corrected chi connectivity index (χ2v) is 8.43. The Balaban J connectivity index is 1.57. The molecule has 2 aliphatic rings. The van der Waals surface area contributed by atoms with Crippen LogP contribution in [-0.2, 0) is 19.9 Å². The van der Waals surface area contributed by atoms with Crippen LogP contribution in [0.3, 0.4) is 0 Å². The van der Waals surface area contributed by atoms with Gasteiger partial charge in [-0.1, -0.05) is 0 Å². The van der Waals surface area contributed by atoms with E-state index in [0.29, 0.717) is 19.8 Å². The van der Waals surface area contributed by atoms with Gasteiger partial charge in [-0.2, -0.15) is 11.3 Å². The summed E-state index contributed by atoms with van der Waals surface area (Å²) < 4.78 is 5.37. The van der Waals surface area contributed by atoms with Gasteiger partial charge in [-0.3, -0.25) is 19.4 Å². The summed E-state index contributed by atoms with van der Waals surface area (Å²) in [5, 5.41) is 9.24. The summed E-state index contributed by atoms with van der Waals surface area (Å²) in [6.07, 6.45) is 0. The van der Waals surface area contributed by atoms with Gasteiger partial charge in [-0.15, -0.1) is 0 Å². The van der Waals surface area contributed by atoms with Crippen molar-refractivity contribution in [3.05, 3.63) is 22.4 Å². The number of thiophene rings is 1. The number of carbonyl (C=O) groups excluding carboxylic acids is 3. The first-order valence-electron chi connectivity index (χ1n) is 9.00. The van der Waals surface area contributed by atoms with E-state index in [9.17, 15) is 14.4 Å². The predicted molar refractivity (Wildman–Crippen MR) is 101 cm³/mol. The molecule has 3 heterocycles. The lowest BCUT2D eigenvalue weighted by Crippen LogP contribution is -2.56. The van der Waals surface area contributed by atoms with Gasteiger partial charge >= 0.3 is 6.03 Å². The van der Waals surface area contributed by atoms with E-state index in [0.717, 1.165) is 23.6 Å². The van der Waals surface area contributed by atoms with E-state index in [1.165, 1.54) is 11.3 Å².